The van der Waals surface area contributed by atoms with Gasteiger partial charge < -0.3 is 5.32 Å². The summed E-state index contributed by atoms with van der Waals surface area (Å²) in [4.78, 5) is 0. The molecule has 3 heteroatoms. The fourth-order valence-corrected chi connectivity index (χ4v) is 6.73. The zero-order valence-corrected chi connectivity index (χ0v) is 15.5. The summed E-state index contributed by atoms with van der Waals surface area (Å²) in [6, 6.07) is 6.76. The van der Waals surface area contributed by atoms with Crippen LogP contribution < -0.4 is 5.32 Å². The van der Waals surface area contributed by atoms with Gasteiger partial charge in [-0.05, 0) is 109 Å². The van der Waals surface area contributed by atoms with Gasteiger partial charge in [0.05, 0.1) is 0 Å². The molecule has 0 aliphatic heterocycles. The van der Waals surface area contributed by atoms with E-state index < -0.39 is 0 Å². The third kappa shape index (κ3) is 2.60. The van der Waals surface area contributed by atoms with Gasteiger partial charge in [0.15, 0.2) is 0 Å². The first kappa shape index (κ1) is 14.6. The zero-order chi connectivity index (χ0) is 14.6. The lowest BCUT2D eigenvalue weighted by atomic mass is 9.48. The van der Waals surface area contributed by atoms with Crippen LogP contribution in [0.1, 0.15) is 45.4 Å². The third-order valence-electron chi connectivity index (χ3n) is 6.31. The van der Waals surface area contributed by atoms with Gasteiger partial charge in [-0.2, -0.15) is 0 Å². The van der Waals surface area contributed by atoms with Crippen molar-refractivity contribution in [2.75, 3.05) is 5.32 Å². The fraction of sp³-hybridized carbons (Fsp3) is 0.667. The Labute approximate surface area is 146 Å². The van der Waals surface area contributed by atoms with Crippen LogP contribution in [-0.4, -0.2) is 6.04 Å². The lowest BCUT2D eigenvalue weighted by Gasteiger charge is -2.59. The molecule has 0 radical (unpaired) electrons. The zero-order valence-electron chi connectivity index (χ0n) is 12.5. The van der Waals surface area contributed by atoms with Crippen LogP contribution in [0.15, 0.2) is 18.2 Å². The molecule has 1 N–H and O–H groups in total. The summed E-state index contributed by atoms with van der Waals surface area (Å²) in [7, 11) is 0. The molecule has 1 aromatic carbocycles. The van der Waals surface area contributed by atoms with E-state index in [1.54, 1.807) is 0 Å². The molecule has 0 heterocycles. The van der Waals surface area contributed by atoms with Crippen LogP contribution in [0.2, 0.25) is 5.02 Å². The number of anilines is 1. The molecule has 4 aliphatic carbocycles. The van der Waals surface area contributed by atoms with E-state index in [2.05, 4.69) is 47.0 Å². The molecule has 4 aliphatic rings. The first-order valence-electron chi connectivity index (χ1n) is 8.26. The van der Waals surface area contributed by atoms with Crippen LogP contribution in [0.3, 0.4) is 0 Å². The van der Waals surface area contributed by atoms with Crippen molar-refractivity contribution < 1.29 is 0 Å². The molecule has 4 bridgehead atoms. The van der Waals surface area contributed by atoms with Gasteiger partial charge in [-0.25, -0.2) is 0 Å². The molecule has 0 saturated heterocycles. The summed E-state index contributed by atoms with van der Waals surface area (Å²) in [6.07, 6.45) is 8.92. The summed E-state index contributed by atoms with van der Waals surface area (Å²) >= 11 is 8.47. The Morgan fingerprint density at radius 3 is 2.24 bits per heavy atom. The van der Waals surface area contributed by atoms with Gasteiger partial charge in [0.1, 0.15) is 0 Å². The molecule has 4 fully saturated rings. The maximum absolute atomic E-state index is 6.08. The minimum atomic E-state index is 0.553. The second-order valence-corrected chi connectivity index (χ2v) is 9.37. The second-order valence-electron chi connectivity index (χ2n) is 7.77. The maximum atomic E-state index is 6.08. The average Bonchev–Trinajstić information content (AvgIpc) is 2.40. The van der Waals surface area contributed by atoms with Crippen LogP contribution in [0.4, 0.5) is 5.69 Å². The van der Waals surface area contributed by atoms with E-state index in [0.717, 1.165) is 22.8 Å². The molecule has 1 atom stereocenters. The number of hydrogen-bond acceptors (Lipinski definition) is 1. The average molecular weight is 416 g/mol. The number of rotatable bonds is 3. The molecule has 0 aromatic heterocycles. The second kappa shape index (κ2) is 5.30. The van der Waals surface area contributed by atoms with Gasteiger partial charge in [0, 0.05) is 20.3 Å². The third-order valence-corrected chi connectivity index (χ3v) is 7.43. The van der Waals surface area contributed by atoms with Gasteiger partial charge in [-0.1, -0.05) is 11.6 Å². The largest absolute Gasteiger partial charge is 0.381 e. The molecule has 1 unspecified atom stereocenters. The Hall–Kier alpha value is 0.0400. The summed E-state index contributed by atoms with van der Waals surface area (Å²) < 4.78 is 1.23. The summed E-state index contributed by atoms with van der Waals surface area (Å²) in [5.41, 5.74) is 1.81. The van der Waals surface area contributed by atoms with Crippen molar-refractivity contribution in [1.29, 1.82) is 0 Å². The molecule has 114 valence electrons. The van der Waals surface area contributed by atoms with Crippen molar-refractivity contribution in [2.24, 2.45) is 23.2 Å². The first-order chi connectivity index (χ1) is 10.0. The Kier molecular flexibility index (Phi) is 3.69. The Bertz CT molecular complexity index is 521. The van der Waals surface area contributed by atoms with Crippen LogP contribution in [0.5, 0.6) is 0 Å². The number of halogens is 2. The molecule has 5 rings (SSSR count). The molecular weight excluding hydrogens is 393 g/mol. The van der Waals surface area contributed by atoms with Crippen LogP contribution in [-0.2, 0) is 0 Å². The topological polar surface area (TPSA) is 12.0 Å². The summed E-state index contributed by atoms with van der Waals surface area (Å²) in [6.45, 7) is 2.41. The van der Waals surface area contributed by atoms with E-state index in [4.69, 9.17) is 11.6 Å². The SMILES string of the molecule is CC(Nc1ccc(Cl)cc1I)C12CC3CC(CC(C3)C1)C2. The molecule has 4 saturated carbocycles. The molecule has 0 spiro atoms. The first-order valence-corrected chi connectivity index (χ1v) is 9.71. The van der Waals surface area contributed by atoms with Crippen LogP contribution in [0, 0.1) is 26.7 Å². The quantitative estimate of drug-likeness (QED) is 0.600. The molecule has 1 nitrogen and oxygen atoms in total. The van der Waals surface area contributed by atoms with Gasteiger partial charge >= 0.3 is 0 Å². The van der Waals surface area contributed by atoms with Crippen molar-refractivity contribution >= 4 is 39.9 Å². The predicted molar refractivity (Wildman–Crippen MR) is 97.9 cm³/mol. The highest BCUT2D eigenvalue weighted by Crippen LogP contribution is 2.61. The van der Waals surface area contributed by atoms with Gasteiger partial charge in [-0.3, -0.25) is 0 Å². The van der Waals surface area contributed by atoms with E-state index in [0.29, 0.717) is 11.5 Å². The van der Waals surface area contributed by atoms with E-state index in [9.17, 15) is 0 Å². The normalized spacial score (nSPS) is 38.5. The van der Waals surface area contributed by atoms with Crippen molar-refractivity contribution in [3.8, 4) is 0 Å². The Morgan fingerprint density at radius 2 is 1.71 bits per heavy atom. The van der Waals surface area contributed by atoms with E-state index >= 15 is 0 Å². The van der Waals surface area contributed by atoms with Crippen molar-refractivity contribution in [3.63, 3.8) is 0 Å². The van der Waals surface area contributed by atoms with Gasteiger partial charge in [0.25, 0.3) is 0 Å². The van der Waals surface area contributed by atoms with Crippen molar-refractivity contribution in [1.82, 2.24) is 0 Å². The molecular formula is C18H23ClIN. The number of hydrogen-bond donors (Lipinski definition) is 1. The highest BCUT2D eigenvalue weighted by molar-refractivity contribution is 14.1. The van der Waals surface area contributed by atoms with Crippen molar-refractivity contribution in [2.45, 2.75) is 51.5 Å². The van der Waals surface area contributed by atoms with Gasteiger partial charge in [-0.15, -0.1) is 0 Å². The van der Waals surface area contributed by atoms with Crippen molar-refractivity contribution in [3.05, 3.63) is 26.8 Å². The number of benzene rings is 1. The predicted octanol–water partition coefficient (Wildman–Crippen LogP) is 5.96. The number of nitrogens with one attached hydrogen (secondary N) is 1. The lowest BCUT2D eigenvalue weighted by Crippen LogP contribution is -2.52. The van der Waals surface area contributed by atoms with Crippen LogP contribution >= 0.6 is 34.2 Å². The van der Waals surface area contributed by atoms with E-state index in [-0.39, 0.29) is 0 Å². The molecule has 1 aromatic rings. The fourth-order valence-electron chi connectivity index (χ4n) is 5.70. The monoisotopic (exact) mass is 415 g/mol. The van der Waals surface area contributed by atoms with E-state index in [1.165, 1.54) is 47.8 Å². The summed E-state index contributed by atoms with van der Waals surface area (Å²) in [5, 5.41) is 4.65. The lowest BCUT2D eigenvalue weighted by molar-refractivity contribution is -0.0602. The standard InChI is InChI=1S/C18H23ClIN/c1-11(21-17-3-2-15(19)7-16(17)20)18-8-12-4-13(9-18)6-14(5-12)10-18/h2-3,7,11-14,21H,4-6,8-10H2,1H3. The summed E-state index contributed by atoms with van der Waals surface area (Å²) in [5.74, 6) is 3.05. The van der Waals surface area contributed by atoms with Crippen LogP contribution in [0.25, 0.3) is 0 Å². The Balaban J connectivity index is 1.56. The van der Waals surface area contributed by atoms with Gasteiger partial charge in [0.2, 0.25) is 0 Å². The molecule has 21 heavy (non-hydrogen) atoms. The Morgan fingerprint density at radius 1 is 1.14 bits per heavy atom. The molecule has 0 amide bonds. The van der Waals surface area contributed by atoms with E-state index in [1.807, 2.05) is 6.07 Å². The minimum absolute atomic E-state index is 0.553. The highest BCUT2D eigenvalue weighted by Gasteiger charge is 2.53. The smallest absolute Gasteiger partial charge is 0.0479 e. The maximum Gasteiger partial charge on any atom is 0.0479 e. The highest BCUT2D eigenvalue weighted by atomic mass is 127. The minimum Gasteiger partial charge on any atom is -0.381 e.